The van der Waals surface area contributed by atoms with E-state index in [0.717, 1.165) is 29.6 Å². The third-order valence-electron chi connectivity index (χ3n) is 3.17. The third kappa shape index (κ3) is 2.37. The summed E-state index contributed by atoms with van der Waals surface area (Å²) in [5.41, 5.74) is 8.64. The average Bonchev–Trinajstić information content (AvgIpc) is 2.86. The minimum Gasteiger partial charge on any atom is -0.398 e. The maximum absolute atomic E-state index is 5.98. The predicted octanol–water partition coefficient (Wildman–Crippen LogP) is 3.30. The van der Waals surface area contributed by atoms with Crippen molar-refractivity contribution in [1.82, 2.24) is 0 Å². The van der Waals surface area contributed by atoms with Gasteiger partial charge < -0.3 is 11.1 Å². The Labute approximate surface area is 95.8 Å². The van der Waals surface area contributed by atoms with E-state index in [1.165, 1.54) is 6.42 Å². The average molecular weight is 225 g/mol. The summed E-state index contributed by atoms with van der Waals surface area (Å²) in [6, 6.07) is 3.83. The van der Waals surface area contributed by atoms with Crippen molar-refractivity contribution in [2.75, 3.05) is 17.6 Å². The predicted molar refractivity (Wildman–Crippen MR) is 66.4 cm³/mol. The second-order valence-corrected chi connectivity index (χ2v) is 4.95. The van der Waals surface area contributed by atoms with E-state index in [0.29, 0.717) is 10.7 Å². The molecule has 1 saturated carbocycles. The quantitative estimate of drug-likeness (QED) is 0.774. The third-order valence-corrected chi connectivity index (χ3v) is 3.50. The maximum Gasteiger partial charge on any atom is 0.0656 e. The zero-order valence-electron chi connectivity index (χ0n) is 9.18. The molecule has 0 aliphatic heterocycles. The van der Waals surface area contributed by atoms with Gasteiger partial charge in [-0.15, -0.1) is 0 Å². The molecule has 1 fully saturated rings. The van der Waals surface area contributed by atoms with E-state index in [2.05, 4.69) is 12.2 Å². The molecule has 2 atom stereocenters. The van der Waals surface area contributed by atoms with Gasteiger partial charge in [0.1, 0.15) is 0 Å². The molecule has 3 heteroatoms. The Kier molecular flexibility index (Phi) is 2.79. The highest BCUT2D eigenvalue weighted by Crippen LogP contribution is 2.38. The molecule has 0 amide bonds. The van der Waals surface area contributed by atoms with Crippen LogP contribution < -0.4 is 11.1 Å². The molecule has 0 aromatic heterocycles. The Bertz CT molecular complexity index is 376. The van der Waals surface area contributed by atoms with E-state index in [4.69, 9.17) is 17.3 Å². The van der Waals surface area contributed by atoms with Gasteiger partial charge in [0.05, 0.1) is 10.7 Å². The van der Waals surface area contributed by atoms with Gasteiger partial charge in [0.15, 0.2) is 0 Å². The van der Waals surface area contributed by atoms with Crippen molar-refractivity contribution in [2.45, 2.75) is 20.3 Å². The van der Waals surface area contributed by atoms with E-state index in [9.17, 15) is 0 Å². The van der Waals surface area contributed by atoms with Crippen molar-refractivity contribution >= 4 is 23.0 Å². The van der Waals surface area contributed by atoms with E-state index in [1.54, 1.807) is 0 Å². The molecule has 1 aliphatic rings. The van der Waals surface area contributed by atoms with Gasteiger partial charge in [-0.1, -0.05) is 18.5 Å². The molecule has 1 aliphatic carbocycles. The number of nitrogen functional groups attached to an aromatic ring is 1. The minimum atomic E-state index is 0.631. The highest BCUT2D eigenvalue weighted by Gasteiger charge is 2.31. The summed E-state index contributed by atoms with van der Waals surface area (Å²) >= 11 is 5.98. The second-order valence-electron chi connectivity index (χ2n) is 4.54. The van der Waals surface area contributed by atoms with E-state index in [-0.39, 0.29) is 0 Å². The van der Waals surface area contributed by atoms with Crippen LogP contribution in [0.25, 0.3) is 0 Å². The normalized spacial score (nSPS) is 23.9. The van der Waals surface area contributed by atoms with Crippen LogP contribution in [0.2, 0.25) is 5.02 Å². The smallest absolute Gasteiger partial charge is 0.0656 e. The van der Waals surface area contributed by atoms with Crippen molar-refractivity contribution < 1.29 is 0 Å². The first kappa shape index (κ1) is 10.6. The van der Waals surface area contributed by atoms with Crippen molar-refractivity contribution in [3.05, 3.63) is 22.7 Å². The van der Waals surface area contributed by atoms with Crippen LogP contribution in [0.4, 0.5) is 11.4 Å². The summed E-state index contributed by atoms with van der Waals surface area (Å²) in [7, 11) is 0. The van der Waals surface area contributed by atoms with Crippen molar-refractivity contribution in [1.29, 1.82) is 0 Å². The molecule has 3 N–H and O–H groups in total. The molecule has 0 bridgehead atoms. The lowest BCUT2D eigenvalue weighted by Gasteiger charge is -2.11. The van der Waals surface area contributed by atoms with Gasteiger partial charge in [-0.2, -0.15) is 0 Å². The molecule has 0 saturated heterocycles. The van der Waals surface area contributed by atoms with E-state index in [1.807, 2.05) is 19.1 Å². The first-order valence-electron chi connectivity index (χ1n) is 5.37. The van der Waals surface area contributed by atoms with Crippen molar-refractivity contribution in [2.24, 2.45) is 11.8 Å². The van der Waals surface area contributed by atoms with Gasteiger partial charge in [-0.05, 0) is 42.9 Å². The molecule has 1 aromatic rings. The number of nitrogens with one attached hydrogen (secondary N) is 1. The standard InChI is InChI=1S/C12H17ClN2/c1-7-3-9(7)6-15-12-5-10(13)11(14)4-8(12)2/h4-5,7,9,15H,3,6,14H2,1-2H3. The summed E-state index contributed by atoms with van der Waals surface area (Å²) in [5, 5.41) is 4.06. The summed E-state index contributed by atoms with van der Waals surface area (Å²) in [4.78, 5) is 0. The summed E-state index contributed by atoms with van der Waals surface area (Å²) in [6.07, 6.45) is 1.34. The molecule has 2 nitrogen and oxygen atoms in total. The molecule has 1 aromatic carbocycles. The molecule has 0 heterocycles. The number of anilines is 2. The van der Waals surface area contributed by atoms with Gasteiger partial charge >= 0.3 is 0 Å². The lowest BCUT2D eigenvalue weighted by molar-refractivity contribution is 0.786. The highest BCUT2D eigenvalue weighted by atomic mass is 35.5. The van der Waals surface area contributed by atoms with Crippen LogP contribution in [0.1, 0.15) is 18.9 Å². The van der Waals surface area contributed by atoms with Crippen LogP contribution in [-0.4, -0.2) is 6.54 Å². The van der Waals surface area contributed by atoms with Gasteiger partial charge in [-0.3, -0.25) is 0 Å². The summed E-state index contributed by atoms with van der Waals surface area (Å²) < 4.78 is 0. The number of nitrogens with two attached hydrogens (primary N) is 1. The van der Waals surface area contributed by atoms with Crippen LogP contribution in [0.15, 0.2) is 12.1 Å². The topological polar surface area (TPSA) is 38.0 Å². The number of aryl methyl sites for hydroxylation is 1. The Hall–Kier alpha value is -0.890. The van der Waals surface area contributed by atoms with Crippen LogP contribution >= 0.6 is 11.6 Å². The molecular formula is C12H17ClN2. The van der Waals surface area contributed by atoms with Gasteiger partial charge in [0.25, 0.3) is 0 Å². The van der Waals surface area contributed by atoms with Crippen LogP contribution in [0, 0.1) is 18.8 Å². The fourth-order valence-corrected chi connectivity index (χ4v) is 1.98. The molecule has 82 valence electrons. The number of benzene rings is 1. The molecule has 0 spiro atoms. The van der Waals surface area contributed by atoms with Crippen LogP contribution in [0.5, 0.6) is 0 Å². The van der Waals surface area contributed by atoms with Gasteiger partial charge in [0.2, 0.25) is 0 Å². The van der Waals surface area contributed by atoms with Crippen molar-refractivity contribution in [3.8, 4) is 0 Å². The largest absolute Gasteiger partial charge is 0.398 e. The first-order valence-corrected chi connectivity index (χ1v) is 5.75. The highest BCUT2D eigenvalue weighted by molar-refractivity contribution is 6.33. The Balaban J connectivity index is 2.04. The summed E-state index contributed by atoms with van der Waals surface area (Å²) in [6.45, 7) is 5.38. The first-order chi connectivity index (χ1) is 7.08. The summed E-state index contributed by atoms with van der Waals surface area (Å²) in [5.74, 6) is 1.71. The zero-order chi connectivity index (χ0) is 11.0. The molecule has 0 radical (unpaired) electrons. The number of hydrogen-bond acceptors (Lipinski definition) is 2. The van der Waals surface area contributed by atoms with Crippen molar-refractivity contribution in [3.63, 3.8) is 0 Å². The monoisotopic (exact) mass is 224 g/mol. The number of rotatable bonds is 3. The van der Waals surface area contributed by atoms with Crippen LogP contribution in [0.3, 0.4) is 0 Å². The number of hydrogen-bond donors (Lipinski definition) is 2. The van der Waals surface area contributed by atoms with E-state index >= 15 is 0 Å². The minimum absolute atomic E-state index is 0.631. The molecule has 2 unspecified atom stereocenters. The molecule has 2 rings (SSSR count). The number of halogens is 1. The van der Waals surface area contributed by atoms with Gasteiger partial charge in [-0.25, -0.2) is 0 Å². The molecule has 15 heavy (non-hydrogen) atoms. The van der Waals surface area contributed by atoms with E-state index < -0.39 is 0 Å². The fraction of sp³-hybridized carbons (Fsp3) is 0.500. The maximum atomic E-state index is 5.98. The Morgan fingerprint density at radius 1 is 1.53 bits per heavy atom. The second kappa shape index (κ2) is 3.93. The molecular weight excluding hydrogens is 208 g/mol. The van der Waals surface area contributed by atoms with Gasteiger partial charge in [0, 0.05) is 12.2 Å². The van der Waals surface area contributed by atoms with Crippen LogP contribution in [-0.2, 0) is 0 Å². The fourth-order valence-electron chi connectivity index (χ4n) is 1.82. The lowest BCUT2D eigenvalue weighted by Crippen LogP contribution is -2.06. The lowest BCUT2D eigenvalue weighted by atomic mass is 10.1. The Morgan fingerprint density at radius 2 is 2.20 bits per heavy atom. The SMILES string of the molecule is Cc1cc(N)c(Cl)cc1NCC1CC1C. The zero-order valence-corrected chi connectivity index (χ0v) is 9.93. The Morgan fingerprint density at radius 3 is 2.80 bits per heavy atom.